The first-order valence-corrected chi connectivity index (χ1v) is 10.7. The van der Waals surface area contributed by atoms with Gasteiger partial charge < -0.3 is 0 Å². The molecule has 2 aliphatic rings. The van der Waals surface area contributed by atoms with Crippen LogP contribution in [0.1, 0.15) is 40.0 Å². The Morgan fingerprint density at radius 3 is 2.71 bits per heavy atom. The van der Waals surface area contributed by atoms with Gasteiger partial charge in [0.15, 0.2) is 5.82 Å². The van der Waals surface area contributed by atoms with Crippen molar-refractivity contribution in [2.24, 2.45) is 5.92 Å². The molecule has 28 heavy (non-hydrogen) atoms. The lowest BCUT2D eigenvalue weighted by atomic mass is 10.0. The summed E-state index contributed by atoms with van der Waals surface area (Å²) in [6.45, 7) is 7.56. The quantitative estimate of drug-likeness (QED) is 0.640. The standard InChI is InChI=1S/C20H24N6OS/c1-13-7-14(2)26(22-13)18-5-6-19(27)25(23-18)11-15-9-24(10-15)12-17-8-21-20(28-17)16-3-4-16/h5-8,15-16H,3-4,9-12H2,1-2H3. The smallest absolute Gasteiger partial charge is 0.266 e. The Balaban J connectivity index is 1.21. The molecule has 2 fully saturated rings. The van der Waals surface area contributed by atoms with Gasteiger partial charge >= 0.3 is 0 Å². The lowest BCUT2D eigenvalue weighted by molar-refractivity contribution is 0.0776. The van der Waals surface area contributed by atoms with Crippen LogP contribution in [0, 0.1) is 19.8 Å². The molecule has 0 aromatic carbocycles. The lowest BCUT2D eigenvalue weighted by Crippen LogP contribution is -2.48. The summed E-state index contributed by atoms with van der Waals surface area (Å²) >= 11 is 1.86. The maximum atomic E-state index is 12.3. The minimum atomic E-state index is -0.0553. The molecule has 4 heterocycles. The number of rotatable bonds is 6. The average molecular weight is 397 g/mol. The van der Waals surface area contributed by atoms with Crippen molar-refractivity contribution < 1.29 is 0 Å². The van der Waals surface area contributed by atoms with Crippen LogP contribution in [0.15, 0.2) is 29.2 Å². The first-order chi connectivity index (χ1) is 13.5. The van der Waals surface area contributed by atoms with Crippen molar-refractivity contribution >= 4 is 11.3 Å². The number of thiazole rings is 1. The van der Waals surface area contributed by atoms with E-state index in [9.17, 15) is 4.79 Å². The van der Waals surface area contributed by atoms with Gasteiger partial charge in [-0.25, -0.2) is 14.3 Å². The van der Waals surface area contributed by atoms with Crippen LogP contribution >= 0.6 is 11.3 Å². The summed E-state index contributed by atoms with van der Waals surface area (Å²) in [5.74, 6) is 1.88. The third kappa shape index (κ3) is 3.54. The number of nitrogens with zero attached hydrogens (tertiary/aromatic N) is 6. The molecule has 1 aliphatic heterocycles. The summed E-state index contributed by atoms with van der Waals surface area (Å²) < 4.78 is 3.38. The molecule has 3 aromatic heterocycles. The summed E-state index contributed by atoms with van der Waals surface area (Å²) in [7, 11) is 0. The van der Waals surface area contributed by atoms with Crippen molar-refractivity contribution in [1.29, 1.82) is 0 Å². The normalized spacial score (nSPS) is 17.8. The van der Waals surface area contributed by atoms with Gasteiger partial charge in [0.2, 0.25) is 0 Å². The van der Waals surface area contributed by atoms with Gasteiger partial charge in [-0.2, -0.15) is 5.10 Å². The van der Waals surface area contributed by atoms with Crippen LogP contribution in [0.3, 0.4) is 0 Å². The van der Waals surface area contributed by atoms with E-state index in [-0.39, 0.29) is 5.56 Å². The lowest BCUT2D eigenvalue weighted by Gasteiger charge is -2.38. The molecule has 1 aliphatic carbocycles. The highest BCUT2D eigenvalue weighted by Crippen LogP contribution is 2.42. The van der Waals surface area contributed by atoms with E-state index in [1.807, 2.05) is 37.4 Å². The number of hydrogen-bond donors (Lipinski definition) is 0. The Morgan fingerprint density at radius 1 is 1.18 bits per heavy atom. The van der Waals surface area contributed by atoms with Crippen LogP contribution < -0.4 is 5.56 Å². The molecule has 8 heteroatoms. The van der Waals surface area contributed by atoms with Gasteiger partial charge in [-0.1, -0.05) is 0 Å². The molecule has 146 valence electrons. The molecule has 0 radical (unpaired) electrons. The van der Waals surface area contributed by atoms with Crippen molar-refractivity contribution in [3.05, 3.63) is 56.0 Å². The van der Waals surface area contributed by atoms with Gasteiger partial charge in [0.1, 0.15) is 0 Å². The monoisotopic (exact) mass is 396 g/mol. The van der Waals surface area contributed by atoms with Crippen LogP contribution in [0.2, 0.25) is 0 Å². The maximum Gasteiger partial charge on any atom is 0.266 e. The van der Waals surface area contributed by atoms with Crippen molar-refractivity contribution in [3.8, 4) is 5.82 Å². The van der Waals surface area contributed by atoms with E-state index in [0.29, 0.717) is 18.3 Å². The number of aryl methyl sites for hydroxylation is 2. The first-order valence-electron chi connectivity index (χ1n) is 9.84. The molecule has 7 nitrogen and oxygen atoms in total. The van der Waals surface area contributed by atoms with Crippen molar-refractivity contribution in [1.82, 2.24) is 29.4 Å². The summed E-state index contributed by atoms with van der Waals surface area (Å²) in [5.41, 5.74) is 1.90. The minimum absolute atomic E-state index is 0.0553. The van der Waals surface area contributed by atoms with E-state index in [0.717, 1.165) is 36.9 Å². The second-order valence-electron chi connectivity index (χ2n) is 8.05. The zero-order chi connectivity index (χ0) is 19.3. The van der Waals surface area contributed by atoms with E-state index in [2.05, 4.69) is 20.1 Å². The molecule has 1 saturated carbocycles. The predicted octanol–water partition coefficient (Wildman–Crippen LogP) is 2.51. The summed E-state index contributed by atoms with van der Waals surface area (Å²) in [6.07, 6.45) is 4.64. The molecule has 0 N–H and O–H groups in total. The molecule has 0 bridgehead atoms. The van der Waals surface area contributed by atoms with E-state index < -0.39 is 0 Å². The molecule has 1 saturated heterocycles. The van der Waals surface area contributed by atoms with Gasteiger partial charge in [0.05, 0.1) is 17.2 Å². The molecular weight excluding hydrogens is 372 g/mol. The predicted molar refractivity (Wildman–Crippen MR) is 108 cm³/mol. The van der Waals surface area contributed by atoms with Gasteiger partial charge in [0, 0.05) is 54.3 Å². The van der Waals surface area contributed by atoms with E-state index >= 15 is 0 Å². The SMILES string of the molecule is Cc1cc(C)n(-c2ccc(=O)n(CC3CN(Cc4cnc(C5CC5)s4)C3)n2)n1. The Bertz CT molecular complexity index is 1060. The van der Waals surface area contributed by atoms with Crippen LogP contribution in [0.5, 0.6) is 0 Å². The Kier molecular flexibility index (Phi) is 4.40. The highest BCUT2D eigenvalue weighted by Gasteiger charge is 2.30. The van der Waals surface area contributed by atoms with Gasteiger partial charge in [-0.3, -0.25) is 9.69 Å². The highest BCUT2D eigenvalue weighted by atomic mass is 32.1. The van der Waals surface area contributed by atoms with Gasteiger partial charge in [-0.15, -0.1) is 16.4 Å². The zero-order valence-electron chi connectivity index (χ0n) is 16.2. The average Bonchev–Trinajstić information content (AvgIpc) is 3.28. The first kappa shape index (κ1) is 17.8. The summed E-state index contributed by atoms with van der Waals surface area (Å²) in [4.78, 5) is 20.6. The molecule has 0 amide bonds. The summed E-state index contributed by atoms with van der Waals surface area (Å²) in [5, 5.41) is 10.3. The Morgan fingerprint density at radius 2 is 2.00 bits per heavy atom. The largest absolute Gasteiger partial charge is 0.297 e. The number of likely N-dealkylation sites (tertiary alicyclic amines) is 1. The van der Waals surface area contributed by atoms with E-state index in [1.165, 1.54) is 22.7 Å². The maximum absolute atomic E-state index is 12.3. The Labute approximate surface area is 167 Å². The third-order valence-corrected chi connectivity index (χ3v) is 6.57. The second kappa shape index (κ2) is 6.93. The molecule has 3 aromatic rings. The number of aromatic nitrogens is 5. The van der Waals surface area contributed by atoms with Crippen LogP contribution in [-0.2, 0) is 13.1 Å². The zero-order valence-corrected chi connectivity index (χ0v) is 17.0. The fraction of sp³-hybridized carbons (Fsp3) is 0.500. The van der Waals surface area contributed by atoms with Crippen LogP contribution in [-0.4, -0.2) is 42.5 Å². The van der Waals surface area contributed by atoms with Crippen molar-refractivity contribution in [2.45, 2.75) is 45.7 Å². The van der Waals surface area contributed by atoms with Gasteiger partial charge in [0.25, 0.3) is 5.56 Å². The minimum Gasteiger partial charge on any atom is -0.297 e. The van der Waals surface area contributed by atoms with Crippen LogP contribution in [0.25, 0.3) is 5.82 Å². The van der Waals surface area contributed by atoms with Gasteiger partial charge in [-0.05, 0) is 38.8 Å². The molecule has 5 rings (SSSR count). The molecule has 0 spiro atoms. The fourth-order valence-corrected chi connectivity index (χ4v) is 4.97. The second-order valence-corrected chi connectivity index (χ2v) is 9.20. The third-order valence-electron chi connectivity index (χ3n) is 5.42. The Hall–Kier alpha value is -2.32. The van der Waals surface area contributed by atoms with Crippen molar-refractivity contribution in [2.75, 3.05) is 13.1 Å². The molecule has 0 atom stereocenters. The van der Waals surface area contributed by atoms with E-state index in [4.69, 9.17) is 0 Å². The summed E-state index contributed by atoms with van der Waals surface area (Å²) in [6, 6.07) is 5.34. The van der Waals surface area contributed by atoms with Crippen molar-refractivity contribution in [3.63, 3.8) is 0 Å². The molecular formula is C20H24N6OS. The number of hydrogen-bond acceptors (Lipinski definition) is 6. The fourth-order valence-electron chi connectivity index (χ4n) is 3.84. The highest BCUT2D eigenvalue weighted by molar-refractivity contribution is 7.11. The van der Waals surface area contributed by atoms with Crippen LogP contribution in [0.4, 0.5) is 0 Å². The van der Waals surface area contributed by atoms with E-state index in [1.54, 1.807) is 21.5 Å². The topological polar surface area (TPSA) is 68.8 Å². The molecule has 0 unspecified atom stereocenters.